The summed E-state index contributed by atoms with van der Waals surface area (Å²) in [5, 5.41) is 20.6. The van der Waals surface area contributed by atoms with Crippen LogP contribution < -0.4 is 4.74 Å². The molecule has 0 fully saturated rings. The van der Waals surface area contributed by atoms with Gasteiger partial charge in [0.1, 0.15) is 12.4 Å². The van der Waals surface area contributed by atoms with Crippen molar-refractivity contribution in [2.45, 2.75) is 32.9 Å². The van der Waals surface area contributed by atoms with Gasteiger partial charge in [-0.15, -0.1) is 5.10 Å². The van der Waals surface area contributed by atoms with Crippen molar-refractivity contribution in [1.82, 2.24) is 20.2 Å². The summed E-state index contributed by atoms with van der Waals surface area (Å²) in [7, 11) is 0. The molecule has 6 heteroatoms. The number of aryl methyl sites for hydroxylation is 1. The van der Waals surface area contributed by atoms with Crippen molar-refractivity contribution in [2.75, 3.05) is 0 Å². The van der Waals surface area contributed by atoms with Gasteiger partial charge < -0.3 is 4.74 Å². The zero-order valence-electron chi connectivity index (χ0n) is 14.1. The topological polar surface area (TPSA) is 76.6 Å². The third kappa shape index (κ3) is 4.21. The summed E-state index contributed by atoms with van der Waals surface area (Å²) in [5.41, 5.74) is 2.79. The van der Waals surface area contributed by atoms with Crippen LogP contribution in [0.3, 0.4) is 0 Å². The molecule has 0 aliphatic heterocycles. The number of benzene rings is 2. The smallest absolute Gasteiger partial charge is 0.189 e. The molecule has 0 aliphatic rings. The maximum absolute atomic E-state index is 8.86. The Kier molecular flexibility index (Phi) is 5.37. The van der Waals surface area contributed by atoms with Crippen LogP contribution in [0.5, 0.6) is 5.75 Å². The molecule has 126 valence electrons. The molecule has 6 nitrogen and oxygen atoms in total. The molecule has 1 heterocycles. The van der Waals surface area contributed by atoms with Gasteiger partial charge in [0.2, 0.25) is 0 Å². The summed E-state index contributed by atoms with van der Waals surface area (Å²) in [5.74, 6) is 1.49. The van der Waals surface area contributed by atoms with Gasteiger partial charge in [-0.3, -0.25) is 0 Å². The Labute approximate surface area is 146 Å². The Morgan fingerprint density at radius 1 is 1.04 bits per heavy atom. The van der Waals surface area contributed by atoms with Gasteiger partial charge in [-0.2, -0.15) is 5.26 Å². The van der Waals surface area contributed by atoms with E-state index >= 15 is 0 Å². The monoisotopic (exact) mass is 333 g/mol. The van der Waals surface area contributed by atoms with Crippen molar-refractivity contribution in [2.24, 2.45) is 0 Å². The number of hydrogen-bond acceptors (Lipinski definition) is 5. The molecule has 0 bridgehead atoms. The Hall–Kier alpha value is -3.20. The molecule has 0 amide bonds. The maximum Gasteiger partial charge on any atom is 0.189 e. The number of tetrazole rings is 1. The van der Waals surface area contributed by atoms with Crippen LogP contribution in [0.4, 0.5) is 0 Å². The van der Waals surface area contributed by atoms with E-state index < -0.39 is 0 Å². The van der Waals surface area contributed by atoms with Crippen LogP contribution >= 0.6 is 0 Å². The number of ether oxygens (including phenoxy) is 1. The molecule has 0 radical (unpaired) electrons. The lowest BCUT2D eigenvalue weighted by Crippen LogP contribution is -2.08. The van der Waals surface area contributed by atoms with Crippen molar-refractivity contribution in [3.8, 4) is 22.9 Å². The quantitative estimate of drug-likeness (QED) is 0.660. The molecule has 1 aromatic heterocycles. The van der Waals surface area contributed by atoms with E-state index in [9.17, 15) is 0 Å². The minimum atomic E-state index is 0.340. The van der Waals surface area contributed by atoms with Crippen LogP contribution in [0.1, 0.15) is 31.2 Å². The van der Waals surface area contributed by atoms with Crippen LogP contribution in [0.25, 0.3) is 11.1 Å². The highest BCUT2D eigenvalue weighted by Crippen LogP contribution is 2.23. The van der Waals surface area contributed by atoms with Gasteiger partial charge in [-0.05, 0) is 52.2 Å². The van der Waals surface area contributed by atoms with Gasteiger partial charge in [0.25, 0.3) is 0 Å². The van der Waals surface area contributed by atoms with E-state index in [1.807, 2.05) is 48.5 Å². The molecule has 3 aromatic rings. The zero-order chi connectivity index (χ0) is 17.5. The Morgan fingerprint density at radius 3 is 2.36 bits per heavy atom. The standard InChI is InChI=1S/C19H19N5O/c1-2-3-12-24-19(21-22-23-24)14-25-18-10-8-17(9-11-18)16-6-4-15(13-20)5-7-16/h4-11H,2-3,12,14H2,1H3. The normalized spacial score (nSPS) is 10.4. The van der Waals surface area contributed by atoms with Crippen molar-refractivity contribution in [3.63, 3.8) is 0 Å². The molecule has 0 unspecified atom stereocenters. The zero-order valence-corrected chi connectivity index (χ0v) is 14.1. The van der Waals surface area contributed by atoms with Crippen LogP contribution in [0.2, 0.25) is 0 Å². The highest BCUT2D eigenvalue weighted by molar-refractivity contribution is 5.64. The maximum atomic E-state index is 8.86. The van der Waals surface area contributed by atoms with Crippen molar-refractivity contribution in [1.29, 1.82) is 5.26 Å². The molecule has 0 aliphatic carbocycles. The van der Waals surface area contributed by atoms with E-state index in [1.165, 1.54) is 0 Å². The molecule has 0 spiro atoms. The fourth-order valence-electron chi connectivity index (χ4n) is 2.44. The lowest BCUT2D eigenvalue weighted by molar-refractivity contribution is 0.285. The molecule has 3 rings (SSSR count). The summed E-state index contributed by atoms with van der Waals surface area (Å²) in [6.45, 7) is 3.28. The van der Waals surface area contributed by atoms with Gasteiger partial charge in [-0.1, -0.05) is 37.6 Å². The lowest BCUT2D eigenvalue weighted by Gasteiger charge is -2.08. The van der Waals surface area contributed by atoms with Gasteiger partial charge in [0, 0.05) is 6.54 Å². The number of hydrogen-bond donors (Lipinski definition) is 0. The first-order valence-corrected chi connectivity index (χ1v) is 8.28. The average molecular weight is 333 g/mol. The summed E-state index contributed by atoms with van der Waals surface area (Å²) >= 11 is 0. The Morgan fingerprint density at radius 2 is 1.72 bits per heavy atom. The number of aromatic nitrogens is 4. The largest absolute Gasteiger partial charge is 0.486 e. The summed E-state index contributed by atoms with van der Waals surface area (Å²) in [4.78, 5) is 0. The second kappa shape index (κ2) is 8.06. The van der Waals surface area contributed by atoms with Crippen LogP contribution in [0, 0.1) is 11.3 Å². The Bertz CT molecular complexity index is 847. The lowest BCUT2D eigenvalue weighted by atomic mass is 10.0. The summed E-state index contributed by atoms with van der Waals surface area (Å²) in [6, 6.07) is 17.5. The van der Waals surface area contributed by atoms with Crippen molar-refractivity contribution < 1.29 is 4.74 Å². The van der Waals surface area contributed by atoms with Crippen LogP contribution in [-0.4, -0.2) is 20.2 Å². The van der Waals surface area contributed by atoms with E-state index in [2.05, 4.69) is 28.5 Å². The van der Waals surface area contributed by atoms with Crippen molar-refractivity contribution in [3.05, 3.63) is 59.9 Å². The van der Waals surface area contributed by atoms with Gasteiger partial charge >= 0.3 is 0 Å². The minimum absolute atomic E-state index is 0.340. The van der Waals surface area contributed by atoms with E-state index in [0.717, 1.165) is 42.1 Å². The molecule has 0 atom stereocenters. The molecule has 25 heavy (non-hydrogen) atoms. The van der Waals surface area contributed by atoms with Gasteiger partial charge in [-0.25, -0.2) is 4.68 Å². The minimum Gasteiger partial charge on any atom is -0.486 e. The third-order valence-electron chi connectivity index (χ3n) is 3.90. The molecule has 0 saturated heterocycles. The predicted molar refractivity (Wildman–Crippen MR) is 93.7 cm³/mol. The molecular weight excluding hydrogens is 314 g/mol. The highest BCUT2D eigenvalue weighted by atomic mass is 16.5. The SMILES string of the molecule is CCCCn1nnnc1COc1ccc(-c2ccc(C#N)cc2)cc1. The second-order valence-electron chi connectivity index (χ2n) is 5.67. The first-order chi connectivity index (χ1) is 12.3. The second-order valence-corrected chi connectivity index (χ2v) is 5.67. The van der Waals surface area contributed by atoms with E-state index in [1.54, 1.807) is 4.68 Å². The van der Waals surface area contributed by atoms with Crippen molar-refractivity contribution >= 4 is 0 Å². The van der Waals surface area contributed by atoms with E-state index in [0.29, 0.717) is 12.2 Å². The van der Waals surface area contributed by atoms with Gasteiger partial charge in [0.05, 0.1) is 11.6 Å². The van der Waals surface area contributed by atoms with E-state index in [-0.39, 0.29) is 0 Å². The fourth-order valence-corrected chi connectivity index (χ4v) is 2.44. The summed E-state index contributed by atoms with van der Waals surface area (Å²) in [6.07, 6.45) is 2.13. The number of nitriles is 1. The number of unbranched alkanes of at least 4 members (excludes halogenated alkanes) is 1. The van der Waals surface area contributed by atoms with E-state index in [4.69, 9.17) is 10.00 Å². The highest BCUT2D eigenvalue weighted by Gasteiger charge is 2.07. The summed E-state index contributed by atoms with van der Waals surface area (Å²) < 4.78 is 7.58. The molecule has 2 aromatic carbocycles. The van der Waals surface area contributed by atoms with Crippen LogP contribution in [0.15, 0.2) is 48.5 Å². The van der Waals surface area contributed by atoms with Gasteiger partial charge in [0.15, 0.2) is 5.82 Å². The Balaban J connectivity index is 1.63. The third-order valence-corrected chi connectivity index (χ3v) is 3.90. The number of nitrogens with zero attached hydrogens (tertiary/aromatic N) is 5. The average Bonchev–Trinajstić information content (AvgIpc) is 3.12. The predicted octanol–water partition coefficient (Wildman–Crippen LogP) is 3.59. The molecule has 0 N–H and O–H groups in total. The fraction of sp³-hybridized carbons (Fsp3) is 0.263. The first-order valence-electron chi connectivity index (χ1n) is 8.28. The molecular formula is C19H19N5O. The molecule has 0 saturated carbocycles. The number of rotatable bonds is 7. The van der Waals surface area contributed by atoms with Crippen LogP contribution in [-0.2, 0) is 13.2 Å². The first kappa shape index (κ1) is 16.7.